The Morgan fingerprint density at radius 3 is 2.42 bits per heavy atom. The van der Waals surface area contributed by atoms with E-state index in [1.807, 2.05) is 0 Å². The minimum atomic E-state index is -1.01. The van der Waals surface area contributed by atoms with Crippen LogP contribution in [0, 0.1) is 0 Å². The van der Waals surface area contributed by atoms with Crippen molar-refractivity contribution in [3.63, 3.8) is 0 Å². The van der Waals surface area contributed by atoms with Crippen LogP contribution in [0.3, 0.4) is 0 Å². The minimum Gasteiger partial charge on any atom is -0.295 e. The number of fused-ring (bicyclic) bond motifs is 1. The number of nitrogens with one attached hydrogen (secondary N) is 1. The Balaban J connectivity index is 1.49. The molecule has 9 heteroatoms. The molecule has 1 saturated heterocycles. The van der Waals surface area contributed by atoms with Gasteiger partial charge in [-0.25, -0.2) is 0 Å². The summed E-state index contributed by atoms with van der Waals surface area (Å²) in [7, 11) is 0. The fourth-order valence-electron chi connectivity index (χ4n) is 3.75. The fourth-order valence-corrected chi connectivity index (χ4v) is 4.04. The first-order chi connectivity index (χ1) is 14.8. The Hall–Kier alpha value is -3.03. The van der Waals surface area contributed by atoms with Gasteiger partial charge in [0, 0.05) is 18.4 Å². The highest BCUT2D eigenvalue weighted by Gasteiger charge is 2.44. The van der Waals surface area contributed by atoms with E-state index in [0.717, 1.165) is 4.90 Å². The van der Waals surface area contributed by atoms with Crippen molar-refractivity contribution in [1.29, 1.82) is 0 Å². The van der Waals surface area contributed by atoms with Crippen LogP contribution in [0.1, 0.15) is 55.9 Å². The van der Waals surface area contributed by atoms with E-state index < -0.39 is 29.7 Å². The Morgan fingerprint density at radius 1 is 0.968 bits per heavy atom. The van der Waals surface area contributed by atoms with Crippen LogP contribution in [0.4, 0.5) is 0 Å². The molecule has 0 bridgehead atoms. The zero-order valence-corrected chi connectivity index (χ0v) is 17.6. The number of Topliss-reactive ketones (excluding diaryl/α,β-unsaturated/α-hetero) is 1. The van der Waals surface area contributed by atoms with Crippen LogP contribution in [-0.4, -0.2) is 40.4 Å². The topological polar surface area (TPSA) is 101 Å². The number of carbonyl (C=O) groups excluding carboxylic acids is 5. The maximum atomic E-state index is 12.9. The third-order valence-electron chi connectivity index (χ3n) is 5.39. The van der Waals surface area contributed by atoms with Gasteiger partial charge in [0.15, 0.2) is 5.78 Å². The number of aryl methyl sites for hydroxylation is 1. The predicted molar refractivity (Wildman–Crippen MR) is 112 cm³/mol. The molecule has 2 aromatic rings. The second kappa shape index (κ2) is 8.24. The number of carbonyl (C=O) groups is 5. The molecule has 7 nitrogen and oxygen atoms in total. The third kappa shape index (κ3) is 3.98. The van der Waals surface area contributed by atoms with Gasteiger partial charge in [0.2, 0.25) is 11.8 Å². The number of piperidine rings is 1. The van der Waals surface area contributed by atoms with E-state index in [-0.39, 0.29) is 36.2 Å². The molecule has 2 aliphatic rings. The number of rotatable bonds is 5. The lowest BCUT2D eigenvalue weighted by Crippen LogP contribution is -2.54. The molecule has 0 aromatic heterocycles. The Morgan fingerprint density at radius 2 is 1.71 bits per heavy atom. The Bertz CT molecular complexity index is 1160. The summed E-state index contributed by atoms with van der Waals surface area (Å²) < 4.78 is 0. The number of hydrogen-bond acceptors (Lipinski definition) is 5. The summed E-state index contributed by atoms with van der Waals surface area (Å²) in [5.74, 6) is -2.35. The zero-order valence-electron chi connectivity index (χ0n) is 16.1. The molecule has 1 atom stereocenters. The first kappa shape index (κ1) is 21.2. The lowest BCUT2D eigenvalue weighted by Gasteiger charge is -2.27. The summed E-state index contributed by atoms with van der Waals surface area (Å²) in [5.41, 5.74) is 1.53. The van der Waals surface area contributed by atoms with Crippen LogP contribution in [-0.2, 0) is 16.0 Å². The van der Waals surface area contributed by atoms with Crippen LogP contribution >= 0.6 is 23.2 Å². The van der Waals surface area contributed by atoms with Crippen LogP contribution in [0.2, 0.25) is 10.0 Å². The first-order valence-electron chi connectivity index (χ1n) is 9.59. The molecule has 1 N–H and O–H groups in total. The number of halogens is 2. The van der Waals surface area contributed by atoms with E-state index in [1.54, 1.807) is 24.3 Å². The van der Waals surface area contributed by atoms with Gasteiger partial charge in [-0.1, -0.05) is 29.3 Å². The van der Waals surface area contributed by atoms with E-state index in [0.29, 0.717) is 27.6 Å². The number of imide groups is 2. The van der Waals surface area contributed by atoms with Crippen molar-refractivity contribution in [2.75, 3.05) is 0 Å². The molecule has 0 saturated carbocycles. The monoisotopic (exact) mass is 458 g/mol. The highest BCUT2D eigenvalue weighted by atomic mass is 35.5. The van der Waals surface area contributed by atoms with Crippen molar-refractivity contribution < 1.29 is 24.0 Å². The zero-order chi connectivity index (χ0) is 22.3. The van der Waals surface area contributed by atoms with Gasteiger partial charge in [0.25, 0.3) is 11.8 Å². The van der Waals surface area contributed by atoms with Gasteiger partial charge >= 0.3 is 0 Å². The van der Waals surface area contributed by atoms with Gasteiger partial charge in [-0.2, -0.15) is 0 Å². The third-order valence-corrected chi connectivity index (χ3v) is 6.13. The van der Waals surface area contributed by atoms with Crippen molar-refractivity contribution in [3.8, 4) is 0 Å². The van der Waals surface area contributed by atoms with Gasteiger partial charge in [-0.05, 0) is 48.7 Å². The molecule has 4 amide bonds. The van der Waals surface area contributed by atoms with Crippen molar-refractivity contribution >= 4 is 52.6 Å². The first-order valence-corrected chi connectivity index (χ1v) is 10.3. The van der Waals surface area contributed by atoms with E-state index in [2.05, 4.69) is 5.32 Å². The largest absolute Gasteiger partial charge is 0.295 e. The second-order valence-corrected chi connectivity index (χ2v) is 8.19. The molecule has 1 fully saturated rings. The normalized spacial score (nSPS) is 18.3. The van der Waals surface area contributed by atoms with E-state index in [9.17, 15) is 24.0 Å². The molecule has 0 aliphatic carbocycles. The van der Waals surface area contributed by atoms with Gasteiger partial charge in [0.1, 0.15) is 6.04 Å². The smallest absolute Gasteiger partial charge is 0.262 e. The molecule has 0 radical (unpaired) electrons. The second-order valence-electron chi connectivity index (χ2n) is 7.38. The van der Waals surface area contributed by atoms with Crippen molar-refractivity contribution in [1.82, 2.24) is 10.2 Å². The SMILES string of the molecule is O=C1CCC(N2C(=O)c3ccc(CCC(=O)c4ccc(Cl)c(Cl)c4)cc3C2=O)C(=O)N1. The quantitative estimate of drug-likeness (QED) is 0.547. The average molecular weight is 459 g/mol. The fraction of sp³-hybridized carbons (Fsp3) is 0.227. The standard InChI is InChI=1S/C22H16Cl2N2O5/c23-15-5-3-12(10-16(15)24)18(27)7-2-11-1-4-13-14(9-11)22(31)26(21(13)30)17-6-8-19(28)25-20(17)29/h1,3-5,9-10,17H,2,6-8H2,(H,25,28,29). The summed E-state index contributed by atoms with van der Waals surface area (Å²) >= 11 is 11.8. The maximum Gasteiger partial charge on any atom is 0.262 e. The van der Waals surface area contributed by atoms with Gasteiger partial charge in [0.05, 0.1) is 21.2 Å². The van der Waals surface area contributed by atoms with Gasteiger partial charge in [-0.3, -0.25) is 34.2 Å². The van der Waals surface area contributed by atoms with E-state index in [4.69, 9.17) is 23.2 Å². The number of benzene rings is 2. The minimum absolute atomic E-state index is 0.0614. The molecule has 31 heavy (non-hydrogen) atoms. The van der Waals surface area contributed by atoms with Crippen molar-refractivity contribution in [2.45, 2.75) is 31.7 Å². The Kier molecular flexibility index (Phi) is 5.64. The number of ketones is 1. The molecular weight excluding hydrogens is 443 g/mol. The van der Waals surface area contributed by atoms with Crippen molar-refractivity contribution in [3.05, 3.63) is 68.7 Å². The lowest BCUT2D eigenvalue weighted by atomic mass is 9.99. The predicted octanol–water partition coefficient (Wildman–Crippen LogP) is 3.21. The van der Waals surface area contributed by atoms with Crippen molar-refractivity contribution in [2.24, 2.45) is 0 Å². The van der Waals surface area contributed by atoms with E-state index in [1.165, 1.54) is 12.1 Å². The van der Waals surface area contributed by atoms with Crippen LogP contribution < -0.4 is 5.32 Å². The molecular formula is C22H16Cl2N2O5. The molecule has 0 spiro atoms. The Labute approximate surface area is 187 Å². The number of hydrogen-bond donors (Lipinski definition) is 1. The molecule has 158 valence electrons. The summed E-state index contributed by atoms with van der Waals surface area (Å²) in [6, 6.07) is 8.43. The van der Waals surface area contributed by atoms with E-state index >= 15 is 0 Å². The summed E-state index contributed by atoms with van der Waals surface area (Å²) in [5, 5.41) is 2.82. The highest BCUT2D eigenvalue weighted by Crippen LogP contribution is 2.29. The molecule has 4 rings (SSSR count). The molecule has 1 unspecified atom stereocenters. The summed E-state index contributed by atoms with van der Waals surface area (Å²) in [6.07, 6.45) is 0.690. The average Bonchev–Trinajstić information content (AvgIpc) is 2.98. The van der Waals surface area contributed by atoms with Crippen LogP contribution in [0.25, 0.3) is 0 Å². The maximum absolute atomic E-state index is 12.9. The molecule has 2 aromatic carbocycles. The summed E-state index contributed by atoms with van der Waals surface area (Å²) in [4.78, 5) is 62.4. The molecule has 2 heterocycles. The van der Waals surface area contributed by atoms with Crippen LogP contribution in [0.15, 0.2) is 36.4 Å². The highest BCUT2D eigenvalue weighted by molar-refractivity contribution is 6.42. The summed E-state index contributed by atoms with van der Waals surface area (Å²) in [6.45, 7) is 0. The van der Waals surface area contributed by atoms with Crippen LogP contribution in [0.5, 0.6) is 0 Å². The molecule has 2 aliphatic heterocycles. The lowest BCUT2D eigenvalue weighted by molar-refractivity contribution is -0.136. The number of nitrogens with zero attached hydrogens (tertiary/aromatic N) is 1. The van der Waals surface area contributed by atoms with Gasteiger partial charge < -0.3 is 0 Å². The van der Waals surface area contributed by atoms with Gasteiger partial charge in [-0.15, -0.1) is 0 Å². The number of amides is 4.